The molecule has 114 valence electrons. The number of methoxy groups -OCH3 is 1. The average Bonchev–Trinajstić information content (AvgIpc) is 2.91. The summed E-state index contributed by atoms with van der Waals surface area (Å²) in [6.07, 6.45) is 0.584. The van der Waals surface area contributed by atoms with Crippen LogP contribution in [0.5, 0.6) is 5.75 Å². The second-order valence-corrected chi connectivity index (χ2v) is 5.93. The molecule has 0 saturated carbocycles. The standard InChI is InChI=1S/C15H13NO5S/c1-20-9-2-3-10-8(6-9)7-12(21-14(10)18)13(17)16-11-4-5-22-15(11)19/h2-3,6-7,11H,4-5H2,1H3,(H,16,17). The molecule has 1 atom stereocenters. The summed E-state index contributed by atoms with van der Waals surface area (Å²) in [6, 6.07) is 5.83. The third kappa shape index (κ3) is 2.71. The molecule has 2 aromatic rings. The summed E-state index contributed by atoms with van der Waals surface area (Å²) in [5, 5.41) is 3.44. The van der Waals surface area contributed by atoms with Crippen LogP contribution in [0.25, 0.3) is 10.8 Å². The molecule has 3 rings (SSSR count). The number of carbonyl (C=O) groups is 2. The molecular weight excluding hydrogens is 306 g/mol. The van der Waals surface area contributed by atoms with Gasteiger partial charge in [-0.1, -0.05) is 11.8 Å². The van der Waals surface area contributed by atoms with Gasteiger partial charge >= 0.3 is 5.63 Å². The van der Waals surface area contributed by atoms with Gasteiger partial charge in [-0.3, -0.25) is 9.59 Å². The van der Waals surface area contributed by atoms with E-state index in [1.54, 1.807) is 18.2 Å². The van der Waals surface area contributed by atoms with E-state index in [-0.39, 0.29) is 10.9 Å². The van der Waals surface area contributed by atoms with Gasteiger partial charge in [0.1, 0.15) is 5.75 Å². The van der Waals surface area contributed by atoms with Crippen LogP contribution in [0, 0.1) is 0 Å². The Hall–Kier alpha value is -2.28. The van der Waals surface area contributed by atoms with Crippen LogP contribution in [-0.2, 0) is 4.79 Å². The summed E-state index contributed by atoms with van der Waals surface area (Å²) in [6.45, 7) is 0. The highest BCUT2D eigenvalue weighted by molar-refractivity contribution is 8.14. The number of benzene rings is 1. The smallest absolute Gasteiger partial charge is 0.344 e. The van der Waals surface area contributed by atoms with E-state index in [1.807, 2.05) is 0 Å². The molecule has 1 aliphatic heterocycles. The number of carbonyl (C=O) groups excluding carboxylic acids is 2. The first-order valence-electron chi connectivity index (χ1n) is 6.68. The second kappa shape index (κ2) is 5.84. The van der Waals surface area contributed by atoms with Gasteiger partial charge in [0.25, 0.3) is 5.91 Å². The number of hydrogen-bond acceptors (Lipinski definition) is 6. The third-order valence-corrected chi connectivity index (χ3v) is 4.44. The zero-order valence-corrected chi connectivity index (χ0v) is 12.6. The van der Waals surface area contributed by atoms with Crippen molar-refractivity contribution in [3.05, 3.63) is 40.4 Å². The number of hydrogen-bond donors (Lipinski definition) is 1. The first kappa shape index (κ1) is 14.6. The lowest BCUT2D eigenvalue weighted by Crippen LogP contribution is -2.37. The number of fused-ring (bicyclic) bond motifs is 1. The van der Waals surface area contributed by atoms with E-state index in [0.717, 1.165) is 0 Å². The largest absolute Gasteiger partial charge is 0.497 e. The van der Waals surface area contributed by atoms with Gasteiger partial charge in [0, 0.05) is 5.75 Å². The molecule has 0 aliphatic carbocycles. The molecule has 7 heteroatoms. The van der Waals surface area contributed by atoms with Crippen LogP contribution in [0.2, 0.25) is 0 Å². The fraction of sp³-hybridized carbons (Fsp3) is 0.267. The molecule has 1 unspecified atom stereocenters. The molecule has 1 amide bonds. The quantitative estimate of drug-likeness (QED) is 0.924. The van der Waals surface area contributed by atoms with Gasteiger partial charge in [0.2, 0.25) is 5.12 Å². The SMILES string of the molecule is COc1ccc2c(=O)oc(C(=O)NC3CCSC3=O)cc2c1. The highest BCUT2D eigenvalue weighted by Gasteiger charge is 2.28. The van der Waals surface area contributed by atoms with E-state index in [4.69, 9.17) is 9.15 Å². The first-order chi connectivity index (χ1) is 10.6. The summed E-state index contributed by atoms with van der Waals surface area (Å²) < 4.78 is 10.1. The average molecular weight is 319 g/mol. The molecule has 22 heavy (non-hydrogen) atoms. The second-order valence-electron chi connectivity index (χ2n) is 4.83. The van der Waals surface area contributed by atoms with Crippen molar-refractivity contribution in [3.63, 3.8) is 0 Å². The van der Waals surface area contributed by atoms with E-state index in [9.17, 15) is 14.4 Å². The molecule has 0 spiro atoms. The van der Waals surface area contributed by atoms with Crippen LogP contribution in [0.3, 0.4) is 0 Å². The van der Waals surface area contributed by atoms with Crippen LogP contribution in [-0.4, -0.2) is 29.9 Å². The van der Waals surface area contributed by atoms with Gasteiger partial charge in [0.15, 0.2) is 5.76 Å². The zero-order chi connectivity index (χ0) is 15.7. The molecule has 0 bridgehead atoms. The zero-order valence-electron chi connectivity index (χ0n) is 11.8. The predicted molar refractivity (Wildman–Crippen MR) is 82.4 cm³/mol. The van der Waals surface area contributed by atoms with Crippen molar-refractivity contribution < 1.29 is 18.7 Å². The van der Waals surface area contributed by atoms with Gasteiger partial charge in [-0.2, -0.15) is 0 Å². The highest BCUT2D eigenvalue weighted by Crippen LogP contribution is 2.21. The normalized spacial score (nSPS) is 17.7. The van der Waals surface area contributed by atoms with Crippen molar-refractivity contribution in [1.29, 1.82) is 0 Å². The Balaban J connectivity index is 1.94. The molecule has 1 aromatic heterocycles. The van der Waals surface area contributed by atoms with Crippen molar-refractivity contribution >= 4 is 33.6 Å². The van der Waals surface area contributed by atoms with Crippen molar-refractivity contribution in [2.24, 2.45) is 0 Å². The van der Waals surface area contributed by atoms with Crippen LogP contribution in [0.4, 0.5) is 0 Å². The van der Waals surface area contributed by atoms with Crippen molar-refractivity contribution in [3.8, 4) is 5.75 Å². The van der Waals surface area contributed by atoms with E-state index in [0.29, 0.717) is 28.7 Å². The van der Waals surface area contributed by atoms with E-state index >= 15 is 0 Å². The maximum Gasteiger partial charge on any atom is 0.344 e. The maximum atomic E-state index is 12.2. The lowest BCUT2D eigenvalue weighted by Gasteiger charge is -2.09. The molecule has 1 N–H and O–H groups in total. The third-order valence-electron chi connectivity index (χ3n) is 3.43. The molecule has 1 aromatic carbocycles. The Bertz CT molecular complexity index is 813. The predicted octanol–water partition coefficient (Wildman–Crippen LogP) is 1.56. The van der Waals surface area contributed by atoms with Crippen molar-refractivity contribution in [2.45, 2.75) is 12.5 Å². The number of amides is 1. The molecule has 6 nitrogen and oxygen atoms in total. The Morgan fingerprint density at radius 2 is 2.18 bits per heavy atom. The van der Waals surface area contributed by atoms with Crippen LogP contribution in [0.15, 0.2) is 33.5 Å². The van der Waals surface area contributed by atoms with Gasteiger partial charge in [0.05, 0.1) is 18.5 Å². The van der Waals surface area contributed by atoms with Gasteiger partial charge in [-0.05, 0) is 36.1 Å². The number of ether oxygens (including phenoxy) is 1. The van der Waals surface area contributed by atoms with Crippen LogP contribution in [0.1, 0.15) is 17.0 Å². The summed E-state index contributed by atoms with van der Waals surface area (Å²) in [4.78, 5) is 35.7. The summed E-state index contributed by atoms with van der Waals surface area (Å²) in [5.41, 5.74) is -0.600. The molecule has 1 fully saturated rings. The van der Waals surface area contributed by atoms with Crippen LogP contribution >= 0.6 is 11.8 Å². The minimum absolute atomic E-state index is 0.0712. The number of thioether (sulfide) groups is 1. The lowest BCUT2D eigenvalue weighted by atomic mass is 10.1. The highest BCUT2D eigenvalue weighted by atomic mass is 32.2. The molecular formula is C15H13NO5S. The van der Waals surface area contributed by atoms with Gasteiger partial charge in [-0.15, -0.1) is 0 Å². The fourth-order valence-electron chi connectivity index (χ4n) is 2.27. The maximum absolute atomic E-state index is 12.2. The Labute approximate surface area is 129 Å². The minimum atomic E-state index is -0.600. The molecule has 1 saturated heterocycles. The molecule has 0 radical (unpaired) electrons. The fourth-order valence-corrected chi connectivity index (χ4v) is 3.20. The summed E-state index contributed by atoms with van der Waals surface area (Å²) in [7, 11) is 1.52. The summed E-state index contributed by atoms with van der Waals surface area (Å²) >= 11 is 1.19. The van der Waals surface area contributed by atoms with E-state index < -0.39 is 17.6 Å². The van der Waals surface area contributed by atoms with Crippen molar-refractivity contribution in [1.82, 2.24) is 5.32 Å². The van der Waals surface area contributed by atoms with Crippen LogP contribution < -0.4 is 15.7 Å². The topological polar surface area (TPSA) is 85.6 Å². The number of rotatable bonds is 3. The minimum Gasteiger partial charge on any atom is -0.497 e. The monoisotopic (exact) mass is 319 g/mol. The molecule has 1 aliphatic rings. The molecule has 2 heterocycles. The van der Waals surface area contributed by atoms with Crippen molar-refractivity contribution in [2.75, 3.05) is 12.9 Å². The number of nitrogens with one attached hydrogen (secondary N) is 1. The Kier molecular flexibility index (Phi) is 3.89. The summed E-state index contributed by atoms with van der Waals surface area (Å²) in [5.74, 6) is 0.577. The Morgan fingerprint density at radius 1 is 1.36 bits per heavy atom. The Morgan fingerprint density at radius 3 is 2.86 bits per heavy atom. The van der Waals surface area contributed by atoms with Gasteiger partial charge in [-0.25, -0.2) is 4.79 Å². The van der Waals surface area contributed by atoms with E-state index in [2.05, 4.69) is 5.32 Å². The first-order valence-corrected chi connectivity index (χ1v) is 7.66. The van der Waals surface area contributed by atoms with Gasteiger partial charge < -0.3 is 14.5 Å². The van der Waals surface area contributed by atoms with E-state index in [1.165, 1.54) is 24.9 Å². The lowest BCUT2D eigenvalue weighted by molar-refractivity contribution is -0.112.